The number of methoxy groups -OCH3 is 1. The van der Waals surface area contributed by atoms with Crippen LogP contribution in [0.2, 0.25) is 0 Å². The van der Waals surface area contributed by atoms with Gasteiger partial charge in [0.1, 0.15) is 0 Å². The number of aliphatic carboxylic acids is 1. The van der Waals surface area contributed by atoms with E-state index in [4.69, 9.17) is 9.84 Å². The van der Waals surface area contributed by atoms with E-state index >= 15 is 0 Å². The predicted octanol–water partition coefficient (Wildman–Crippen LogP) is 1.36. The fourth-order valence-electron chi connectivity index (χ4n) is 2.55. The van der Waals surface area contributed by atoms with E-state index in [1.807, 2.05) is 6.92 Å². The van der Waals surface area contributed by atoms with Gasteiger partial charge in [-0.2, -0.15) is 0 Å². The van der Waals surface area contributed by atoms with E-state index in [9.17, 15) is 9.59 Å². The lowest BCUT2D eigenvalue weighted by Gasteiger charge is -2.29. The fourth-order valence-corrected chi connectivity index (χ4v) is 2.55. The van der Waals surface area contributed by atoms with Gasteiger partial charge in [-0.05, 0) is 11.8 Å². The van der Waals surface area contributed by atoms with Crippen molar-refractivity contribution in [2.45, 2.75) is 20.8 Å². The third kappa shape index (κ3) is 4.37. The average molecular weight is 286 g/mol. The maximum Gasteiger partial charge on any atom is 0.320 e. The van der Waals surface area contributed by atoms with E-state index in [1.54, 1.807) is 16.9 Å². The number of carboxylic acid groups (broad SMARTS) is 1. The number of hydrogen-bond acceptors (Lipinski definition) is 3. The Labute approximate surface area is 120 Å². The summed E-state index contributed by atoms with van der Waals surface area (Å²) in [4.78, 5) is 27.0. The molecule has 0 saturated carbocycles. The summed E-state index contributed by atoms with van der Waals surface area (Å²) in [5.74, 6) is -0.909. The topological polar surface area (TPSA) is 70.1 Å². The quantitative estimate of drug-likeness (QED) is 0.800. The number of carbonyl (C=O) groups excluding carboxylic acids is 1. The molecule has 6 heteroatoms. The van der Waals surface area contributed by atoms with Crippen molar-refractivity contribution in [1.82, 2.24) is 9.80 Å². The Morgan fingerprint density at radius 2 is 2.05 bits per heavy atom. The first kappa shape index (κ1) is 16.8. The molecule has 2 atom stereocenters. The van der Waals surface area contributed by atoms with E-state index in [1.165, 1.54) is 0 Å². The summed E-state index contributed by atoms with van der Waals surface area (Å²) in [6.45, 7) is 8.49. The molecule has 0 aromatic heterocycles. The standard InChI is InChI=1S/C14H26N2O4/c1-10(2)7-15(5-6-20-4)14(19)16-8-11(3)12(9-16)13(17)18/h10-12H,5-9H2,1-4H3,(H,17,18). The highest BCUT2D eigenvalue weighted by Gasteiger charge is 2.38. The first-order chi connectivity index (χ1) is 9.36. The molecule has 1 fully saturated rings. The van der Waals surface area contributed by atoms with Gasteiger partial charge in [0.15, 0.2) is 0 Å². The number of hydrogen-bond donors (Lipinski definition) is 1. The molecule has 0 radical (unpaired) electrons. The molecule has 116 valence electrons. The highest BCUT2D eigenvalue weighted by Crippen LogP contribution is 2.24. The minimum absolute atomic E-state index is 0.000208. The molecule has 0 bridgehead atoms. The molecule has 1 aliphatic rings. The van der Waals surface area contributed by atoms with E-state index in [-0.39, 0.29) is 11.9 Å². The van der Waals surface area contributed by atoms with Crippen LogP contribution in [0.15, 0.2) is 0 Å². The molecule has 1 saturated heterocycles. The van der Waals surface area contributed by atoms with Crippen LogP contribution in [-0.2, 0) is 9.53 Å². The summed E-state index contributed by atoms with van der Waals surface area (Å²) in [7, 11) is 1.61. The third-order valence-corrected chi connectivity index (χ3v) is 3.62. The fraction of sp³-hybridized carbons (Fsp3) is 0.857. The number of carboxylic acids is 1. The summed E-state index contributed by atoms with van der Waals surface area (Å²) >= 11 is 0. The highest BCUT2D eigenvalue weighted by atomic mass is 16.5. The van der Waals surface area contributed by atoms with Gasteiger partial charge in [-0.1, -0.05) is 20.8 Å². The van der Waals surface area contributed by atoms with E-state index in [0.717, 1.165) is 0 Å². The van der Waals surface area contributed by atoms with Crippen molar-refractivity contribution in [2.24, 2.45) is 17.8 Å². The Morgan fingerprint density at radius 1 is 1.40 bits per heavy atom. The lowest BCUT2D eigenvalue weighted by atomic mass is 9.99. The molecule has 0 spiro atoms. The Bertz CT molecular complexity index is 346. The molecule has 1 heterocycles. The maximum absolute atomic E-state index is 12.5. The van der Waals surface area contributed by atoms with Crippen LogP contribution in [0.5, 0.6) is 0 Å². The smallest absolute Gasteiger partial charge is 0.320 e. The third-order valence-electron chi connectivity index (χ3n) is 3.62. The zero-order chi connectivity index (χ0) is 15.3. The second-order valence-electron chi connectivity index (χ2n) is 5.94. The van der Waals surface area contributed by atoms with Crippen molar-refractivity contribution in [3.05, 3.63) is 0 Å². The van der Waals surface area contributed by atoms with Crippen molar-refractivity contribution in [1.29, 1.82) is 0 Å². The van der Waals surface area contributed by atoms with E-state index in [0.29, 0.717) is 38.7 Å². The van der Waals surface area contributed by atoms with Crippen LogP contribution in [0.1, 0.15) is 20.8 Å². The zero-order valence-electron chi connectivity index (χ0n) is 12.8. The first-order valence-corrected chi connectivity index (χ1v) is 7.12. The van der Waals surface area contributed by atoms with Gasteiger partial charge in [0, 0.05) is 33.3 Å². The van der Waals surface area contributed by atoms with Crippen molar-refractivity contribution in [2.75, 3.05) is 39.9 Å². The minimum atomic E-state index is -0.819. The maximum atomic E-state index is 12.5. The number of carbonyl (C=O) groups is 2. The lowest BCUT2D eigenvalue weighted by molar-refractivity contribution is -0.142. The van der Waals surface area contributed by atoms with Crippen LogP contribution in [0.3, 0.4) is 0 Å². The van der Waals surface area contributed by atoms with Crippen LogP contribution in [0.25, 0.3) is 0 Å². The molecule has 2 unspecified atom stereocenters. The van der Waals surface area contributed by atoms with E-state index < -0.39 is 11.9 Å². The monoisotopic (exact) mass is 286 g/mol. The Morgan fingerprint density at radius 3 is 2.50 bits per heavy atom. The molecule has 20 heavy (non-hydrogen) atoms. The van der Waals surface area contributed by atoms with Gasteiger partial charge in [0.05, 0.1) is 12.5 Å². The second-order valence-corrected chi connectivity index (χ2v) is 5.94. The summed E-state index contributed by atoms with van der Waals surface area (Å²) in [5, 5.41) is 9.14. The number of rotatable bonds is 6. The zero-order valence-corrected chi connectivity index (χ0v) is 12.8. The van der Waals surface area contributed by atoms with Crippen LogP contribution in [0, 0.1) is 17.8 Å². The highest BCUT2D eigenvalue weighted by molar-refractivity contribution is 5.77. The normalized spacial score (nSPS) is 22.4. The van der Waals surface area contributed by atoms with Gasteiger partial charge < -0.3 is 19.6 Å². The minimum Gasteiger partial charge on any atom is -0.481 e. The van der Waals surface area contributed by atoms with Crippen LogP contribution >= 0.6 is 0 Å². The number of urea groups is 1. The SMILES string of the molecule is COCCN(CC(C)C)C(=O)N1CC(C)C(C(=O)O)C1. The lowest BCUT2D eigenvalue weighted by Crippen LogP contribution is -2.45. The van der Waals surface area contributed by atoms with E-state index in [2.05, 4.69) is 13.8 Å². The van der Waals surface area contributed by atoms with Gasteiger partial charge in [0.2, 0.25) is 0 Å². The van der Waals surface area contributed by atoms with Crippen molar-refractivity contribution < 1.29 is 19.4 Å². The largest absolute Gasteiger partial charge is 0.481 e. The van der Waals surface area contributed by atoms with Crippen molar-refractivity contribution in [3.63, 3.8) is 0 Å². The molecular formula is C14H26N2O4. The van der Waals surface area contributed by atoms with Gasteiger partial charge in [-0.25, -0.2) is 4.79 Å². The number of ether oxygens (including phenoxy) is 1. The molecule has 6 nitrogen and oxygen atoms in total. The van der Waals surface area contributed by atoms with Crippen molar-refractivity contribution in [3.8, 4) is 0 Å². The number of likely N-dealkylation sites (tertiary alicyclic amines) is 1. The second kappa shape index (κ2) is 7.47. The first-order valence-electron chi connectivity index (χ1n) is 7.12. The molecule has 1 N–H and O–H groups in total. The van der Waals surface area contributed by atoms with Crippen LogP contribution < -0.4 is 0 Å². The Kier molecular flexibility index (Phi) is 6.26. The Hall–Kier alpha value is -1.30. The molecule has 1 rings (SSSR count). The van der Waals surface area contributed by atoms with Crippen molar-refractivity contribution >= 4 is 12.0 Å². The van der Waals surface area contributed by atoms with Gasteiger partial charge >= 0.3 is 12.0 Å². The van der Waals surface area contributed by atoms with Gasteiger partial charge in [-0.15, -0.1) is 0 Å². The molecular weight excluding hydrogens is 260 g/mol. The Balaban J connectivity index is 2.67. The summed E-state index contributed by atoms with van der Waals surface area (Å²) in [6.07, 6.45) is 0. The average Bonchev–Trinajstić information content (AvgIpc) is 2.75. The number of nitrogens with zero attached hydrogens (tertiary/aromatic N) is 2. The molecule has 2 amide bonds. The predicted molar refractivity (Wildman–Crippen MR) is 75.5 cm³/mol. The van der Waals surface area contributed by atoms with Gasteiger partial charge in [0.25, 0.3) is 0 Å². The van der Waals surface area contributed by atoms with Crippen LogP contribution in [-0.4, -0.2) is 66.8 Å². The molecule has 1 aliphatic heterocycles. The molecule has 0 aromatic rings. The van der Waals surface area contributed by atoms with Gasteiger partial charge in [-0.3, -0.25) is 4.79 Å². The van der Waals surface area contributed by atoms with Crippen LogP contribution in [0.4, 0.5) is 4.79 Å². The summed E-state index contributed by atoms with van der Waals surface area (Å²) in [6, 6.07) is -0.0775. The molecule has 0 aliphatic carbocycles. The number of amides is 2. The summed E-state index contributed by atoms with van der Waals surface area (Å²) in [5.41, 5.74) is 0. The summed E-state index contributed by atoms with van der Waals surface area (Å²) < 4.78 is 5.04. The molecule has 0 aromatic carbocycles.